The molecule has 0 radical (unpaired) electrons. The van der Waals surface area contributed by atoms with E-state index in [0.29, 0.717) is 6.04 Å². The summed E-state index contributed by atoms with van der Waals surface area (Å²) in [6.45, 7) is 0.902. The molecular weight excluding hydrogens is 286 g/mol. The van der Waals surface area contributed by atoms with Gasteiger partial charge in [0.05, 0.1) is 0 Å². The van der Waals surface area contributed by atoms with Crippen LogP contribution in [0.5, 0.6) is 0 Å². The summed E-state index contributed by atoms with van der Waals surface area (Å²) in [6.07, 6.45) is 7.40. The molecule has 4 heteroatoms. The number of carbonyl (C=O) groups is 1. The van der Waals surface area contributed by atoms with Gasteiger partial charge < -0.3 is 10.6 Å². The maximum atomic E-state index is 12.3. The van der Waals surface area contributed by atoms with E-state index < -0.39 is 0 Å². The van der Waals surface area contributed by atoms with Crippen molar-refractivity contribution in [1.29, 1.82) is 0 Å². The van der Waals surface area contributed by atoms with E-state index in [4.69, 9.17) is 0 Å². The van der Waals surface area contributed by atoms with Crippen LogP contribution < -0.4 is 10.6 Å². The van der Waals surface area contributed by atoms with Crippen molar-refractivity contribution in [3.8, 4) is 0 Å². The number of carbonyl (C=O) groups excluding carboxylic acids is 1. The highest BCUT2D eigenvalue weighted by Crippen LogP contribution is 2.25. The Balaban J connectivity index is 1.42. The van der Waals surface area contributed by atoms with Gasteiger partial charge in [-0.15, -0.1) is 0 Å². The Hall–Kier alpha value is -2.20. The topological polar surface area (TPSA) is 54.0 Å². The van der Waals surface area contributed by atoms with Crippen LogP contribution in [-0.4, -0.2) is 16.9 Å². The van der Waals surface area contributed by atoms with E-state index in [-0.39, 0.29) is 11.8 Å². The second-order valence-electron chi connectivity index (χ2n) is 6.14. The minimum atomic E-state index is 0.123. The number of nitrogens with one attached hydrogen (secondary N) is 2. The first-order chi connectivity index (χ1) is 11.3. The Bertz CT molecular complexity index is 607. The normalized spacial score (nSPS) is 20.9. The van der Waals surface area contributed by atoms with Crippen LogP contribution in [0.15, 0.2) is 54.9 Å². The van der Waals surface area contributed by atoms with Crippen molar-refractivity contribution in [1.82, 2.24) is 10.3 Å². The maximum absolute atomic E-state index is 12.3. The van der Waals surface area contributed by atoms with Gasteiger partial charge in [-0.2, -0.15) is 0 Å². The Morgan fingerprint density at radius 1 is 1.00 bits per heavy atom. The van der Waals surface area contributed by atoms with Gasteiger partial charge in [0.25, 0.3) is 0 Å². The number of hydrogen-bond donors (Lipinski definition) is 2. The van der Waals surface area contributed by atoms with Gasteiger partial charge in [-0.3, -0.25) is 9.78 Å². The van der Waals surface area contributed by atoms with Crippen molar-refractivity contribution in [2.45, 2.75) is 38.3 Å². The monoisotopic (exact) mass is 309 g/mol. The second kappa shape index (κ2) is 7.88. The van der Waals surface area contributed by atoms with Crippen molar-refractivity contribution in [3.05, 3.63) is 60.4 Å². The SMILES string of the molecule is O=C(Nc1ccncc1)C1CCC(NCc2ccccc2)CC1. The Morgan fingerprint density at radius 2 is 1.70 bits per heavy atom. The van der Waals surface area contributed by atoms with Crippen molar-refractivity contribution in [2.75, 3.05) is 5.32 Å². The van der Waals surface area contributed by atoms with E-state index in [0.717, 1.165) is 37.9 Å². The number of hydrogen-bond acceptors (Lipinski definition) is 3. The summed E-state index contributed by atoms with van der Waals surface area (Å²) in [5.41, 5.74) is 2.14. The minimum Gasteiger partial charge on any atom is -0.326 e. The summed E-state index contributed by atoms with van der Waals surface area (Å²) >= 11 is 0. The summed E-state index contributed by atoms with van der Waals surface area (Å²) in [4.78, 5) is 16.3. The molecule has 1 aromatic heterocycles. The zero-order valence-corrected chi connectivity index (χ0v) is 13.2. The van der Waals surface area contributed by atoms with Gasteiger partial charge in [0.1, 0.15) is 0 Å². The molecule has 2 N–H and O–H groups in total. The highest BCUT2D eigenvalue weighted by Gasteiger charge is 2.26. The molecular formula is C19H23N3O. The predicted octanol–water partition coefficient (Wildman–Crippen LogP) is 3.37. The molecule has 1 aliphatic rings. The fraction of sp³-hybridized carbons (Fsp3) is 0.368. The third-order valence-electron chi connectivity index (χ3n) is 4.48. The van der Waals surface area contributed by atoms with E-state index in [1.165, 1.54) is 5.56 Å². The van der Waals surface area contributed by atoms with E-state index >= 15 is 0 Å². The lowest BCUT2D eigenvalue weighted by atomic mass is 9.85. The fourth-order valence-electron chi connectivity index (χ4n) is 3.10. The van der Waals surface area contributed by atoms with Crippen LogP contribution in [0.1, 0.15) is 31.2 Å². The Morgan fingerprint density at radius 3 is 2.39 bits per heavy atom. The first-order valence-electron chi connectivity index (χ1n) is 8.29. The van der Waals surface area contributed by atoms with Gasteiger partial charge in [0.15, 0.2) is 0 Å². The van der Waals surface area contributed by atoms with Gasteiger partial charge in [0, 0.05) is 36.6 Å². The third-order valence-corrected chi connectivity index (χ3v) is 4.48. The van der Waals surface area contributed by atoms with Gasteiger partial charge in [-0.05, 0) is 43.4 Å². The summed E-state index contributed by atoms with van der Waals surface area (Å²) in [6, 6.07) is 14.6. The summed E-state index contributed by atoms with van der Waals surface area (Å²) in [5, 5.41) is 6.59. The maximum Gasteiger partial charge on any atom is 0.227 e. The molecule has 3 rings (SSSR count). The molecule has 23 heavy (non-hydrogen) atoms. The van der Waals surface area contributed by atoms with Crippen LogP contribution >= 0.6 is 0 Å². The first-order valence-corrected chi connectivity index (χ1v) is 8.29. The Kier molecular flexibility index (Phi) is 5.37. The molecule has 0 atom stereocenters. The molecule has 0 saturated heterocycles. The number of benzene rings is 1. The van der Waals surface area contributed by atoms with Crippen molar-refractivity contribution >= 4 is 11.6 Å². The predicted molar refractivity (Wildman–Crippen MR) is 91.9 cm³/mol. The zero-order chi connectivity index (χ0) is 15.9. The fourth-order valence-corrected chi connectivity index (χ4v) is 3.10. The quantitative estimate of drug-likeness (QED) is 0.890. The minimum absolute atomic E-state index is 0.123. The summed E-state index contributed by atoms with van der Waals surface area (Å²) < 4.78 is 0. The molecule has 2 aromatic rings. The molecule has 1 aliphatic carbocycles. The van der Waals surface area contributed by atoms with Gasteiger partial charge in [-0.25, -0.2) is 0 Å². The molecule has 1 fully saturated rings. The molecule has 0 spiro atoms. The standard InChI is InChI=1S/C19H23N3O/c23-19(22-18-10-12-20-13-11-18)16-6-8-17(9-7-16)21-14-15-4-2-1-3-5-15/h1-5,10-13,16-17,21H,6-9,14H2,(H,20,22,23). The van der Waals surface area contributed by atoms with Crippen LogP contribution in [0.2, 0.25) is 0 Å². The van der Waals surface area contributed by atoms with Crippen molar-refractivity contribution in [3.63, 3.8) is 0 Å². The van der Waals surface area contributed by atoms with Gasteiger partial charge in [0.2, 0.25) is 5.91 Å². The molecule has 1 amide bonds. The number of pyridine rings is 1. The lowest BCUT2D eigenvalue weighted by molar-refractivity contribution is -0.120. The van der Waals surface area contributed by atoms with Crippen molar-refractivity contribution < 1.29 is 4.79 Å². The summed E-state index contributed by atoms with van der Waals surface area (Å²) in [7, 11) is 0. The molecule has 0 unspecified atom stereocenters. The molecule has 0 aliphatic heterocycles. The van der Waals surface area contributed by atoms with Gasteiger partial charge in [-0.1, -0.05) is 30.3 Å². The lowest BCUT2D eigenvalue weighted by Gasteiger charge is -2.28. The first kappa shape index (κ1) is 15.7. The number of amides is 1. The van der Waals surface area contributed by atoms with Crippen LogP contribution in [0, 0.1) is 5.92 Å². The molecule has 0 bridgehead atoms. The largest absolute Gasteiger partial charge is 0.326 e. The average molecular weight is 309 g/mol. The van der Waals surface area contributed by atoms with E-state index in [1.54, 1.807) is 12.4 Å². The van der Waals surface area contributed by atoms with E-state index in [9.17, 15) is 4.79 Å². The van der Waals surface area contributed by atoms with Crippen LogP contribution in [0.3, 0.4) is 0 Å². The molecule has 1 heterocycles. The number of rotatable bonds is 5. The lowest BCUT2D eigenvalue weighted by Crippen LogP contribution is -2.36. The van der Waals surface area contributed by atoms with E-state index in [1.807, 2.05) is 18.2 Å². The zero-order valence-electron chi connectivity index (χ0n) is 13.2. The average Bonchev–Trinajstić information content (AvgIpc) is 2.62. The number of anilines is 1. The molecule has 4 nitrogen and oxygen atoms in total. The summed E-state index contributed by atoms with van der Waals surface area (Å²) in [5.74, 6) is 0.260. The highest BCUT2D eigenvalue weighted by atomic mass is 16.1. The third kappa shape index (κ3) is 4.63. The van der Waals surface area contributed by atoms with Gasteiger partial charge >= 0.3 is 0 Å². The second-order valence-corrected chi connectivity index (χ2v) is 6.14. The highest BCUT2D eigenvalue weighted by molar-refractivity contribution is 5.92. The number of nitrogens with zero attached hydrogens (tertiary/aromatic N) is 1. The van der Waals surface area contributed by atoms with Crippen LogP contribution in [0.25, 0.3) is 0 Å². The van der Waals surface area contributed by atoms with E-state index in [2.05, 4.69) is 39.9 Å². The molecule has 120 valence electrons. The van der Waals surface area contributed by atoms with Crippen LogP contribution in [0.4, 0.5) is 5.69 Å². The Labute approximate surface area is 137 Å². The smallest absolute Gasteiger partial charge is 0.227 e. The molecule has 1 aromatic carbocycles. The van der Waals surface area contributed by atoms with Crippen molar-refractivity contribution in [2.24, 2.45) is 5.92 Å². The van der Waals surface area contributed by atoms with Crippen LogP contribution in [-0.2, 0) is 11.3 Å². The molecule has 1 saturated carbocycles. The number of aromatic nitrogens is 1.